The highest BCUT2D eigenvalue weighted by atomic mass is 19.1. The van der Waals surface area contributed by atoms with Gasteiger partial charge in [0.25, 0.3) is 0 Å². The molecular weight excluding hydrogens is 487 g/mol. The van der Waals surface area contributed by atoms with E-state index < -0.39 is 5.54 Å². The van der Waals surface area contributed by atoms with Gasteiger partial charge in [-0.25, -0.2) is 9.18 Å². The van der Waals surface area contributed by atoms with Crippen molar-refractivity contribution in [3.8, 4) is 17.0 Å². The third-order valence-electron chi connectivity index (χ3n) is 7.32. The Morgan fingerprint density at radius 1 is 1.26 bits per heavy atom. The smallest absolute Gasteiger partial charge is 0.326 e. The molecule has 1 aliphatic heterocycles. The van der Waals surface area contributed by atoms with Crippen LogP contribution in [0.5, 0.6) is 5.88 Å². The van der Waals surface area contributed by atoms with Crippen LogP contribution in [0, 0.1) is 18.7 Å². The molecule has 1 fully saturated rings. The summed E-state index contributed by atoms with van der Waals surface area (Å²) in [6, 6.07) is 8.40. The van der Waals surface area contributed by atoms with Crippen LogP contribution in [0.4, 0.5) is 15.0 Å². The second kappa shape index (κ2) is 11.6. The first kappa shape index (κ1) is 27.1. The molecule has 0 aliphatic carbocycles. The predicted molar refractivity (Wildman–Crippen MR) is 143 cm³/mol. The van der Waals surface area contributed by atoms with E-state index in [2.05, 4.69) is 29.4 Å². The van der Waals surface area contributed by atoms with Gasteiger partial charge >= 0.3 is 6.03 Å². The third-order valence-corrected chi connectivity index (χ3v) is 7.32. The summed E-state index contributed by atoms with van der Waals surface area (Å²) in [4.78, 5) is 33.4. The van der Waals surface area contributed by atoms with E-state index >= 15 is 0 Å². The number of carbonyl (C=O) groups excluding carboxylic acids is 2. The molecule has 3 aromatic rings. The quantitative estimate of drug-likeness (QED) is 0.266. The molecule has 1 saturated heterocycles. The Balaban J connectivity index is 1.75. The number of carbonyl (C=O) groups is 2. The van der Waals surface area contributed by atoms with E-state index in [4.69, 9.17) is 9.72 Å². The molecule has 38 heavy (non-hydrogen) atoms. The van der Waals surface area contributed by atoms with Gasteiger partial charge in [-0.1, -0.05) is 26.0 Å². The second-order valence-corrected chi connectivity index (χ2v) is 10.2. The van der Waals surface area contributed by atoms with E-state index in [-0.39, 0.29) is 18.4 Å². The number of halogens is 1. The minimum Gasteiger partial charge on any atom is -0.480 e. The van der Waals surface area contributed by atoms with Gasteiger partial charge in [0, 0.05) is 30.4 Å². The number of anilines is 1. The molecule has 0 saturated carbocycles. The van der Waals surface area contributed by atoms with Gasteiger partial charge in [-0.05, 0) is 61.4 Å². The summed E-state index contributed by atoms with van der Waals surface area (Å²) in [7, 11) is 1.54. The fourth-order valence-corrected chi connectivity index (χ4v) is 5.03. The minimum atomic E-state index is -0.589. The lowest BCUT2D eigenvalue weighted by Crippen LogP contribution is -2.48. The van der Waals surface area contributed by atoms with Crippen LogP contribution < -0.4 is 15.0 Å². The Morgan fingerprint density at radius 3 is 2.76 bits per heavy atom. The molecular formula is C28H35FN6O3. The Morgan fingerprint density at radius 2 is 2.08 bits per heavy atom. The van der Waals surface area contributed by atoms with Crippen LogP contribution in [0.2, 0.25) is 0 Å². The van der Waals surface area contributed by atoms with E-state index in [1.165, 1.54) is 6.07 Å². The molecule has 2 N–H and O–H groups in total. The van der Waals surface area contributed by atoms with Crippen molar-refractivity contribution in [2.45, 2.75) is 52.1 Å². The van der Waals surface area contributed by atoms with Gasteiger partial charge < -0.3 is 15.0 Å². The van der Waals surface area contributed by atoms with Gasteiger partial charge in [0.05, 0.1) is 25.4 Å². The Hall–Kier alpha value is -3.95. The zero-order valence-electron chi connectivity index (χ0n) is 22.3. The third kappa shape index (κ3) is 5.49. The summed E-state index contributed by atoms with van der Waals surface area (Å²) in [6.07, 6.45) is 6.27. The summed E-state index contributed by atoms with van der Waals surface area (Å²) < 4.78 is 20.0. The number of hydrogen-bond donors (Lipinski definition) is 2. The molecule has 0 spiro atoms. The first-order chi connectivity index (χ1) is 18.3. The Labute approximate surface area is 222 Å². The van der Waals surface area contributed by atoms with Gasteiger partial charge in [-0.3, -0.25) is 14.8 Å². The van der Waals surface area contributed by atoms with Crippen LogP contribution >= 0.6 is 0 Å². The van der Waals surface area contributed by atoms with Gasteiger partial charge in [-0.15, -0.1) is 0 Å². The maximum atomic E-state index is 14.4. The van der Waals surface area contributed by atoms with Crippen molar-refractivity contribution in [3.05, 3.63) is 59.7 Å². The Bertz CT molecular complexity index is 1270. The molecule has 4 rings (SSSR count). The number of urea groups is 1. The number of H-pyrrole nitrogens is 1. The van der Waals surface area contributed by atoms with Crippen LogP contribution in [0.15, 0.2) is 42.7 Å². The summed E-state index contributed by atoms with van der Waals surface area (Å²) in [5, 5.41) is 9.55. The molecule has 9 nitrogen and oxygen atoms in total. The molecule has 1 aromatic carbocycles. The number of aromatic amines is 1. The number of pyridine rings is 1. The normalized spacial score (nSPS) is 17.4. The molecule has 3 amide bonds. The van der Waals surface area contributed by atoms with Gasteiger partial charge in [0.2, 0.25) is 12.3 Å². The van der Waals surface area contributed by atoms with Gasteiger partial charge in [0.1, 0.15) is 11.6 Å². The van der Waals surface area contributed by atoms with Crippen LogP contribution in [0.1, 0.15) is 44.2 Å². The molecule has 2 aromatic heterocycles. The fraction of sp³-hybridized carbons (Fsp3) is 0.429. The van der Waals surface area contributed by atoms with E-state index in [0.717, 1.165) is 29.5 Å². The van der Waals surface area contributed by atoms with Crippen molar-refractivity contribution < 1.29 is 18.7 Å². The molecule has 3 heterocycles. The van der Waals surface area contributed by atoms with Crippen molar-refractivity contribution in [1.29, 1.82) is 0 Å². The first-order valence-corrected chi connectivity index (χ1v) is 12.8. The number of nitrogens with one attached hydrogen (secondary N) is 2. The van der Waals surface area contributed by atoms with E-state index in [1.807, 2.05) is 17.0 Å². The lowest BCUT2D eigenvalue weighted by Gasteiger charge is -2.38. The summed E-state index contributed by atoms with van der Waals surface area (Å²) in [5.41, 5.74) is 2.26. The molecule has 0 radical (unpaired) electrons. The van der Waals surface area contributed by atoms with E-state index in [0.29, 0.717) is 49.1 Å². The van der Waals surface area contributed by atoms with Gasteiger partial charge in [-0.2, -0.15) is 10.1 Å². The first-order valence-electron chi connectivity index (χ1n) is 12.8. The van der Waals surface area contributed by atoms with Crippen LogP contribution in [-0.4, -0.2) is 58.3 Å². The maximum Gasteiger partial charge on any atom is 0.326 e. The summed E-state index contributed by atoms with van der Waals surface area (Å²) in [6.45, 7) is 7.07. The molecule has 0 bridgehead atoms. The second-order valence-electron chi connectivity index (χ2n) is 10.2. The maximum absolute atomic E-state index is 14.4. The SMILES string of the molecule is COc1nc(N2CC(CCNC=O)(CCC(C)C)N(Cc3cccc(F)c3C)C2=O)ccc1-c1cn[nH]c1. The van der Waals surface area contributed by atoms with Crippen molar-refractivity contribution in [1.82, 2.24) is 25.4 Å². The monoisotopic (exact) mass is 522 g/mol. The van der Waals surface area contributed by atoms with Crippen molar-refractivity contribution in [2.24, 2.45) is 5.92 Å². The lowest BCUT2D eigenvalue weighted by atomic mass is 9.85. The number of nitrogens with zero attached hydrogens (tertiary/aromatic N) is 4. The minimum absolute atomic E-state index is 0.214. The largest absolute Gasteiger partial charge is 0.480 e. The van der Waals surface area contributed by atoms with Crippen LogP contribution in [0.3, 0.4) is 0 Å². The average Bonchev–Trinajstić information content (AvgIpc) is 3.53. The lowest BCUT2D eigenvalue weighted by molar-refractivity contribution is -0.109. The molecule has 1 atom stereocenters. The number of aromatic nitrogens is 3. The van der Waals surface area contributed by atoms with Crippen molar-refractivity contribution in [2.75, 3.05) is 25.1 Å². The molecule has 1 aliphatic rings. The average molecular weight is 523 g/mol. The standard InChI is InChI=1S/C28H35FN6O3/c1-19(2)10-11-28(12-13-30-18-36)17-34(27(37)35(28)16-21-6-5-7-24(29)20(21)3)25-9-8-23(26(33-25)38-4)22-14-31-32-15-22/h5-9,14-15,18-19H,10-13,16-17H2,1-4H3,(H,30,36)(H,31,32). The zero-order valence-corrected chi connectivity index (χ0v) is 22.3. The fourth-order valence-electron chi connectivity index (χ4n) is 5.03. The number of rotatable bonds is 12. The Kier molecular flexibility index (Phi) is 8.29. The molecule has 10 heteroatoms. The number of ether oxygens (including phenoxy) is 1. The number of hydrogen-bond acceptors (Lipinski definition) is 5. The number of benzene rings is 1. The zero-order chi connectivity index (χ0) is 27.3. The highest BCUT2D eigenvalue weighted by molar-refractivity contribution is 5.95. The van der Waals surface area contributed by atoms with Crippen molar-refractivity contribution in [3.63, 3.8) is 0 Å². The highest BCUT2D eigenvalue weighted by Gasteiger charge is 2.50. The topological polar surface area (TPSA) is 103 Å². The molecule has 202 valence electrons. The van der Waals surface area contributed by atoms with Crippen LogP contribution in [0.25, 0.3) is 11.1 Å². The predicted octanol–water partition coefficient (Wildman–Crippen LogP) is 4.68. The van der Waals surface area contributed by atoms with E-state index in [1.54, 1.807) is 43.5 Å². The van der Waals surface area contributed by atoms with Crippen LogP contribution in [-0.2, 0) is 11.3 Å². The number of methoxy groups -OCH3 is 1. The van der Waals surface area contributed by atoms with Crippen molar-refractivity contribution >= 4 is 18.3 Å². The molecule has 1 unspecified atom stereocenters. The van der Waals surface area contributed by atoms with E-state index in [9.17, 15) is 14.0 Å². The number of amides is 3. The summed E-state index contributed by atoms with van der Waals surface area (Å²) >= 11 is 0. The highest BCUT2D eigenvalue weighted by Crippen LogP contribution is 2.40. The van der Waals surface area contributed by atoms with Gasteiger partial charge in [0.15, 0.2) is 0 Å². The summed E-state index contributed by atoms with van der Waals surface area (Å²) in [5.74, 6) is 0.962.